The highest BCUT2D eigenvalue weighted by Crippen LogP contribution is 2.11. The largest absolute Gasteiger partial charge is 0.330 e. The third-order valence-electron chi connectivity index (χ3n) is 3.48. The number of rotatable bonds is 6. The maximum absolute atomic E-state index is 5.56. The van der Waals surface area contributed by atoms with Gasteiger partial charge in [0.2, 0.25) is 0 Å². The first-order chi connectivity index (χ1) is 7.63. The van der Waals surface area contributed by atoms with Crippen LogP contribution in [0.15, 0.2) is 0 Å². The zero-order chi connectivity index (χ0) is 12.0. The average Bonchev–Trinajstić information content (AvgIpc) is 2.26. The minimum atomic E-state index is 0.713. The molecule has 1 atom stereocenters. The Labute approximate surface area is 101 Å². The van der Waals surface area contributed by atoms with Crippen LogP contribution < -0.4 is 5.73 Å². The lowest BCUT2D eigenvalue weighted by Crippen LogP contribution is -2.50. The van der Waals surface area contributed by atoms with E-state index in [0.29, 0.717) is 6.04 Å². The van der Waals surface area contributed by atoms with Gasteiger partial charge in [0.25, 0.3) is 0 Å². The van der Waals surface area contributed by atoms with E-state index in [4.69, 9.17) is 5.73 Å². The van der Waals surface area contributed by atoms with Gasteiger partial charge in [-0.2, -0.15) is 0 Å². The summed E-state index contributed by atoms with van der Waals surface area (Å²) in [7, 11) is 0. The Hall–Kier alpha value is -0.120. The molecule has 16 heavy (non-hydrogen) atoms. The van der Waals surface area contributed by atoms with Gasteiger partial charge in [0.15, 0.2) is 0 Å². The van der Waals surface area contributed by atoms with Crippen molar-refractivity contribution in [3.8, 4) is 0 Å². The van der Waals surface area contributed by atoms with Crippen molar-refractivity contribution in [1.29, 1.82) is 0 Å². The summed E-state index contributed by atoms with van der Waals surface area (Å²) in [5.41, 5.74) is 5.56. The Morgan fingerprint density at radius 3 is 2.19 bits per heavy atom. The summed E-state index contributed by atoms with van der Waals surface area (Å²) in [6.45, 7) is 14.0. The van der Waals surface area contributed by atoms with Gasteiger partial charge in [0.05, 0.1) is 0 Å². The Kier molecular flexibility index (Phi) is 6.32. The standard InChI is InChI=1S/C13H29N3/c1-12(2)11-15-7-9-16(10-8-15)13(3)5-4-6-14/h12-13H,4-11,14H2,1-3H3. The van der Waals surface area contributed by atoms with E-state index in [1.165, 1.54) is 39.1 Å². The van der Waals surface area contributed by atoms with Crippen LogP contribution in [0.1, 0.15) is 33.6 Å². The quantitative estimate of drug-likeness (QED) is 0.744. The van der Waals surface area contributed by atoms with Gasteiger partial charge in [0.1, 0.15) is 0 Å². The first kappa shape index (κ1) is 13.9. The van der Waals surface area contributed by atoms with Crippen molar-refractivity contribution >= 4 is 0 Å². The fraction of sp³-hybridized carbons (Fsp3) is 1.00. The fourth-order valence-corrected chi connectivity index (χ4v) is 2.50. The first-order valence-electron chi connectivity index (χ1n) is 6.80. The third kappa shape index (κ3) is 4.81. The lowest BCUT2D eigenvalue weighted by Gasteiger charge is -2.38. The molecule has 3 nitrogen and oxygen atoms in total. The van der Waals surface area contributed by atoms with E-state index in [1.54, 1.807) is 0 Å². The van der Waals surface area contributed by atoms with Crippen LogP contribution in [-0.2, 0) is 0 Å². The Balaban J connectivity index is 2.20. The average molecular weight is 227 g/mol. The highest BCUT2D eigenvalue weighted by Gasteiger charge is 2.20. The van der Waals surface area contributed by atoms with Crippen LogP contribution in [0.3, 0.4) is 0 Å². The molecule has 1 unspecified atom stereocenters. The van der Waals surface area contributed by atoms with E-state index >= 15 is 0 Å². The molecule has 3 heteroatoms. The summed E-state index contributed by atoms with van der Waals surface area (Å²) in [4.78, 5) is 5.21. The second-order valence-corrected chi connectivity index (χ2v) is 5.51. The number of nitrogens with two attached hydrogens (primary N) is 1. The van der Waals surface area contributed by atoms with Crippen molar-refractivity contribution in [2.24, 2.45) is 11.7 Å². The zero-order valence-electron chi connectivity index (χ0n) is 11.3. The van der Waals surface area contributed by atoms with Gasteiger partial charge in [-0.1, -0.05) is 13.8 Å². The van der Waals surface area contributed by atoms with Gasteiger partial charge in [-0.3, -0.25) is 4.90 Å². The predicted octanol–water partition coefficient (Wildman–Crippen LogP) is 1.39. The summed E-state index contributed by atoms with van der Waals surface area (Å²) in [6, 6.07) is 0.713. The van der Waals surface area contributed by atoms with E-state index in [-0.39, 0.29) is 0 Å². The van der Waals surface area contributed by atoms with Crippen molar-refractivity contribution in [1.82, 2.24) is 9.80 Å². The lowest BCUT2D eigenvalue weighted by atomic mass is 10.1. The van der Waals surface area contributed by atoms with E-state index in [0.717, 1.165) is 18.9 Å². The number of hydrogen-bond donors (Lipinski definition) is 1. The highest BCUT2D eigenvalue weighted by atomic mass is 15.3. The van der Waals surface area contributed by atoms with Gasteiger partial charge < -0.3 is 10.6 Å². The number of hydrogen-bond acceptors (Lipinski definition) is 3. The lowest BCUT2D eigenvalue weighted by molar-refractivity contribution is 0.0911. The molecule has 0 saturated carbocycles. The van der Waals surface area contributed by atoms with Crippen LogP contribution in [-0.4, -0.2) is 55.1 Å². The molecule has 1 aliphatic heterocycles. The first-order valence-corrected chi connectivity index (χ1v) is 6.80. The Morgan fingerprint density at radius 1 is 1.06 bits per heavy atom. The molecular formula is C13H29N3. The second-order valence-electron chi connectivity index (χ2n) is 5.51. The second kappa shape index (κ2) is 7.25. The third-order valence-corrected chi connectivity index (χ3v) is 3.48. The molecule has 1 heterocycles. The minimum Gasteiger partial charge on any atom is -0.330 e. The maximum Gasteiger partial charge on any atom is 0.0113 e. The van der Waals surface area contributed by atoms with Gasteiger partial charge in [-0.15, -0.1) is 0 Å². The monoisotopic (exact) mass is 227 g/mol. The van der Waals surface area contributed by atoms with Crippen molar-refractivity contribution in [3.05, 3.63) is 0 Å². The molecule has 0 aliphatic carbocycles. The Bertz CT molecular complexity index is 174. The zero-order valence-corrected chi connectivity index (χ0v) is 11.3. The molecule has 1 aliphatic rings. The van der Waals surface area contributed by atoms with E-state index < -0.39 is 0 Å². The van der Waals surface area contributed by atoms with E-state index in [1.807, 2.05) is 0 Å². The molecular weight excluding hydrogens is 198 g/mol. The van der Waals surface area contributed by atoms with E-state index in [2.05, 4.69) is 30.6 Å². The van der Waals surface area contributed by atoms with Crippen molar-refractivity contribution in [3.63, 3.8) is 0 Å². The maximum atomic E-state index is 5.56. The molecule has 0 aromatic heterocycles. The molecule has 1 fully saturated rings. The molecule has 2 N–H and O–H groups in total. The van der Waals surface area contributed by atoms with Gasteiger partial charge in [-0.25, -0.2) is 0 Å². The molecule has 0 bridgehead atoms. The summed E-state index contributed by atoms with van der Waals surface area (Å²) in [6.07, 6.45) is 2.41. The SMILES string of the molecule is CC(C)CN1CCN(C(C)CCCN)CC1. The van der Waals surface area contributed by atoms with Gasteiger partial charge in [-0.05, 0) is 32.2 Å². The number of nitrogens with zero attached hydrogens (tertiary/aromatic N) is 2. The summed E-state index contributed by atoms with van der Waals surface area (Å²) in [5.74, 6) is 0.793. The van der Waals surface area contributed by atoms with Crippen LogP contribution in [0.5, 0.6) is 0 Å². The summed E-state index contributed by atoms with van der Waals surface area (Å²) >= 11 is 0. The van der Waals surface area contributed by atoms with E-state index in [9.17, 15) is 0 Å². The van der Waals surface area contributed by atoms with Crippen LogP contribution >= 0.6 is 0 Å². The topological polar surface area (TPSA) is 32.5 Å². The minimum absolute atomic E-state index is 0.713. The molecule has 0 aromatic rings. The highest BCUT2D eigenvalue weighted by molar-refractivity contribution is 4.76. The van der Waals surface area contributed by atoms with Crippen LogP contribution in [0.25, 0.3) is 0 Å². The number of piperazine rings is 1. The molecule has 0 radical (unpaired) electrons. The van der Waals surface area contributed by atoms with Crippen LogP contribution in [0, 0.1) is 5.92 Å². The molecule has 96 valence electrons. The van der Waals surface area contributed by atoms with Gasteiger partial charge >= 0.3 is 0 Å². The van der Waals surface area contributed by atoms with Crippen LogP contribution in [0.4, 0.5) is 0 Å². The van der Waals surface area contributed by atoms with Crippen molar-refractivity contribution in [2.45, 2.75) is 39.7 Å². The normalized spacial score (nSPS) is 21.6. The molecule has 1 rings (SSSR count). The molecule has 1 saturated heterocycles. The van der Waals surface area contributed by atoms with Gasteiger partial charge in [0, 0.05) is 38.8 Å². The predicted molar refractivity (Wildman–Crippen MR) is 70.6 cm³/mol. The molecule has 0 spiro atoms. The summed E-state index contributed by atoms with van der Waals surface area (Å²) in [5, 5.41) is 0. The smallest absolute Gasteiger partial charge is 0.0113 e. The fourth-order valence-electron chi connectivity index (χ4n) is 2.50. The van der Waals surface area contributed by atoms with Crippen molar-refractivity contribution < 1.29 is 0 Å². The van der Waals surface area contributed by atoms with Crippen molar-refractivity contribution in [2.75, 3.05) is 39.3 Å². The molecule has 0 amide bonds. The Morgan fingerprint density at radius 2 is 1.69 bits per heavy atom. The summed E-state index contributed by atoms with van der Waals surface area (Å²) < 4.78 is 0. The molecule has 0 aromatic carbocycles. The van der Waals surface area contributed by atoms with Crippen LogP contribution in [0.2, 0.25) is 0 Å².